The Morgan fingerprint density at radius 1 is 1.17 bits per heavy atom. The third-order valence-corrected chi connectivity index (χ3v) is 5.81. The van der Waals surface area contributed by atoms with Crippen molar-refractivity contribution in [3.05, 3.63) is 12.4 Å². The zero-order chi connectivity index (χ0) is 20.4. The molecule has 1 aliphatic rings. The van der Waals surface area contributed by atoms with Crippen LogP contribution in [0.1, 0.15) is 26.3 Å². The number of aromatic nitrogens is 6. The van der Waals surface area contributed by atoms with Crippen molar-refractivity contribution in [2.45, 2.75) is 31.5 Å². The minimum Gasteiger partial charge on any atom is -0.378 e. The Hall–Kier alpha value is -2.46. The molecule has 29 heavy (non-hydrogen) atoms. The summed E-state index contributed by atoms with van der Waals surface area (Å²) in [5.74, 6) is 1.27. The molecule has 0 bridgehead atoms. The highest BCUT2D eigenvalue weighted by atomic mass is 32.2. The van der Waals surface area contributed by atoms with E-state index < -0.39 is 0 Å². The van der Waals surface area contributed by atoms with Gasteiger partial charge >= 0.3 is 0 Å². The van der Waals surface area contributed by atoms with Crippen molar-refractivity contribution in [2.75, 3.05) is 49.8 Å². The van der Waals surface area contributed by atoms with Crippen LogP contribution in [0.5, 0.6) is 0 Å². The van der Waals surface area contributed by atoms with Gasteiger partial charge in [-0.2, -0.15) is 4.98 Å². The van der Waals surface area contributed by atoms with Crippen LogP contribution in [0.4, 0.5) is 11.9 Å². The first-order chi connectivity index (χ1) is 14.2. The van der Waals surface area contributed by atoms with Gasteiger partial charge in [-0.05, 0) is 19.6 Å². The Morgan fingerprint density at radius 3 is 2.52 bits per heavy atom. The standard InChI is InChI=1S/C19H26N8OS/c1-5-12(2)27-16-15(24-19(27)29-4)14(13-10-21-17(20-3)22-11-13)23-18(25-16)26-6-8-28-9-7-26/h10-12H,5-9H2,1-4H3,(H,20,21,22). The molecule has 0 amide bonds. The van der Waals surface area contributed by atoms with E-state index in [0.717, 1.165) is 47.1 Å². The van der Waals surface area contributed by atoms with Crippen molar-refractivity contribution in [1.29, 1.82) is 0 Å². The van der Waals surface area contributed by atoms with Gasteiger partial charge in [0.05, 0.1) is 13.2 Å². The molecular formula is C19H26N8OS. The number of imidazole rings is 1. The number of nitrogens with one attached hydrogen (secondary N) is 1. The first kappa shape index (κ1) is 19.8. The SMILES string of the molecule is CCC(C)n1c(SC)nc2c(-c3cnc(NC)nc3)nc(N3CCOCC3)nc21. The zero-order valence-corrected chi connectivity index (χ0v) is 18.0. The van der Waals surface area contributed by atoms with E-state index in [1.54, 1.807) is 31.2 Å². The van der Waals surface area contributed by atoms with Crippen molar-refractivity contribution in [3.63, 3.8) is 0 Å². The van der Waals surface area contributed by atoms with Gasteiger partial charge in [-0.25, -0.2) is 19.9 Å². The predicted molar refractivity (Wildman–Crippen MR) is 116 cm³/mol. The molecular weight excluding hydrogens is 388 g/mol. The lowest BCUT2D eigenvalue weighted by Gasteiger charge is -2.27. The van der Waals surface area contributed by atoms with Crippen LogP contribution >= 0.6 is 11.8 Å². The van der Waals surface area contributed by atoms with Crippen LogP contribution in [0.25, 0.3) is 22.4 Å². The lowest BCUT2D eigenvalue weighted by Crippen LogP contribution is -2.37. The number of morpholine rings is 1. The fourth-order valence-corrected chi connectivity index (χ4v) is 4.00. The normalized spacial score (nSPS) is 15.7. The molecule has 4 heterocycles. The molecule has 0 aliphatic carbocycles. The van der Waals surface area contributed by atoms with Crippen LogP contribution in [0, 0.1) is 0 Å². The number of anilines is 2. The molecule has 0 saturated carbocycles. The number of thioether (sulfide) groups is 1. The molecule has 154 valence electrons. The molecule has 4 rings (SSSR count). The van der Waals surface area contributed by atoms with Gasteiger partial charge in [0.25, 0.3) is 0 Å². The van der Waals surface area contributed by atoms with Crippen LogP contribution in [0.3, 0.4) is 0 Å². The van der Waals surface area contributed by atoms with Crippen LogP contribution < -0.4 is 10.2 Å². The van der Waals surface area contributed by atoms with Crippen molar-refractivity contribution >= 4 is 34.8 Å². The summed E-state index contributed by atoms with van der Waals surface area (Å²) in [6.45, 7) is 7.27. The van der Waals surface area contributed by atoms with E-state index in [2.05, 4.69) is 38.6 Å². The summed E-state index contributed by atoms with van der Waals surface area (Å²) in [4.78, 5) is 25.6. The summed E-state index contributed by atoms with van der Waals surface area (Å²) in [5.41, 5.74) is 3.23. The Labute approximate surface area is 174 Å². The first-order valence-electron chi connectivity index (χ1n) is 9.83. The third-order valence-electron chi connectivity index (χ3n) is 5.15. The monoisotopic (exact) mass is 414 g/mol. The van der Waals surface area contributed by atoms with Crippen LogP contribution in [0.15, 0.2) is 17.6 Å². The molecule has 1 N–H and O–H groups in total. The maximum Gasteiger partial charge on any atom is 0.228 e. The van der Waals surface area contributed by atoms with Gasteiger partial charge in [0.15, 0.2) is 10.8 Å². The van der Waals surface area contributed by atoms with E-state index in [9.17, 15) is 0 Å². The summed E-state index contributed by atoms with van der Waals surface area (Å²) in [6, 6.07) is 0.283. The number of ether oxygens (including phenoxy) is 1. The molecule has 0 radical (unpaired) electrons. The molecule has 9 nitrogen and oxygen atoms in total. The van der Waals surface area contributed by atoms with Crippen LogP contribution in [-0.2, 0) is 4.74 Å². The van der Waals surface area contributed by atoms with Gasteiger partial charge in [-0.3, -0.25) is 0 Å². The summed E-state index contributed by atoms with van der Waals surface area (Å²) >= 11 is 1.63. The van der Waals surface area contributed by atoms with E-state index in [4.69, 9.17) is 19.7 Å². The van der Waals surface area contributed by atoms with Crippen LogP contribution in [0.2, 0.25) is 0 Å². The second-order valence-electron chi connectivity index (χ2n) is 6.91. The molecule has 1 saturated heterocycles. The molecule has 0 aromatic carbocycles. The smallest absolute Gasteiger partial charge is 0.228 e. The number of fused-ring (bicyclic) bond motifs is 1. The fraction of sp³-hybridized carbons (Fsp3) is 0.526. The Bertz CT molecular complexity index is 984. The van der Waals surface area contributed by atoms with Gasteiger partial charge in [-0.15, -0.1) is 0 Å². The highest BCUT2D eigenvalue weighted by molar-refractivity contribution is 7.98. The average molecular weight is 415 g/mol. The van der Waals surface area contributed by atoms with Gasteiger partial charge < -0.3 is 19.5 Å². The average Bonchev–Trinajstić information content (AvgIpc) is 3.17. The van der Waals surface area contributed by atoms with Gasteiger partial charge in [0.2, 0.25) is 11.9 Å². The third kappa shape index (κ3) is 3.74. The summed E-state index contributed by atoms with van der Waals surface area (Å²) in [5, 5.41) is 3.89. The molecule has 3 aromatic heterocycles. The molecule has 0 spiro atoms. The molecule has 1 unspecified atom stereocenters. The summed E-state index contributed by atoms with van der Waals surface area (Å²) < 4.78 is 7.73. The van der Waals surface area contributed by atoms with E-state index in [-0.39, 0.29) is 6.04 Å². The number of hydrogen-bond donors (Lipinski definition) is 1. The lowest BCUT2D eigenvalue weighted by molar-refractivity contribution is 0.122. The fourth-order valence-electron chi connectivity index (χ4n) is 3.35. The predicted octanol–water partition coefficient (Wildman–Crippen LogP) is 2.85. The lowest BCUT2D eigenvalue weighted by atomic mass is 10.2. The minimum absolute atomic E-state index is 0.283. The molecule has 1 atom stereocenters. The second kappa shape index (κ2) is 8.50. The van der Waals surface area contributed by atoms with Gasteiger partial charge in [0.1, 0.15) is 11.2 Å². The van der Waals surface area contributed by atoms with E-state index in [0.29, 0.717) is 25.1 Å². The maximum atomic E-state index is 5.50. The summed E-state index contributed by atoms with van der Waals surface area (Å²) in [7, 11) is 1.80. The first-order valence-corrected chi connectivity index (χ1v) is 11.1. The highest BCUT2D eigenvalue weighted by Crippen LogP contribution is 2.33. The Kier molecular flexibility index (Phi) is 5.81. The van der Waals surface area contributed by atoms with Crippen LogP contribution in [-0.4, -0.2) is 69.1 Å². The number of nitrogens with zero attached hydrogens (tertiary/aromatic N) is 7. The Morgan fingerprint density at radius 2 is 1.90 bits per heavy atom. The number of hydrogen-bond acceptors (Lipinski definition) is 9. The van der Waals surface area contributed by atoms with Gasteiger partial charge in [-0.1, -0.05) is 18.7 Å². The molecule has 3 aromatic rings. The molecule has 1 aliphatic heterocycles. The minimum atomic E-state index is 0.283. The van der Waals surface area contributed by atoms with Crippen molar-refractivity contribution in [3.8, 4) is 11.3 Å². The highest BCUT2D eigenvalue weighted by Gasteiger charge is 2.24. The van der Waals surface area contributed by atoms with Gasteiger partial charge in [0, 0.05) is 44.1 Å². The second-order valence-corrected chi connectivity index (χ2v) is 7.69. The van der Waals surface area contributed by atoms with Crippen molar-refractivity contribution in [1.82, 2.24) is 29.5 Å². The van der Waals surface area contributed by atoms with Crippen molar-refractivity contribution in [2.24, 2.45) is 0 Å². The zero-order valence-electron chi connectivity index (χ0n) is 17.2. The van der Waals surface area contributed by atoms with E-state index in [1.165, 1.54) is 0 Å². The summed E-state index contributed by atoms with van der Waals surface area (Å²) in [6.07, 6.45) is 6.60. The van der Waals surface area contributed by atoms with E-state index >= 15 is 0 Å². The molecule has 10 heteroatoms. The topological polar surface area (TPSA) is 93.9 Å². The van der Waals surface area contributed by atoms with Crippen molar-refractivity contribution < 1.29 is 4.74 Å². The largest absolute Gasteiger partial charge is 0.378 e. The van der Waals surface area contributed by atoms with E-state index in [1.807, 2.05) is 6.26 Å². The Balaban J connectivity index is 1.94. The number of rotatable bonds is 6. The quantitative estimate of drug-likeness (QED) is 0.611. The maximum absolute atomic E-state index is 5.50. The molecule has 1 fully saturated rings.